The molecule has 1 aliphatic rings. The highest BCUT2D eigenvalue weighted by atomic mass is 32.1. The van der Waals surface area contributed by atoms with Crippen molar-refractivity contribution in [3.05, 3.63) is 29.3 Å². The van der Waals surface area contributed by atoms with Gasteiger partial charge >= 0.3 is 5.97 Å². The summed E-state index contributed by atoms with van der Waals surface area (Å²) in [5.74, 6) is -0.422. The van der Waals surface area contributed by atoms with Crippen molar-refractivity contribution in [2.24, 2.45) is 0 Å². The second-order valence-corrected chi connectivity index (χ2v) is 5.85. The van der Waals surface area contributed by atoms with Crippen LogP contribution in [0.1, 0.15) is 21.7 Å². The lowest BCUT2D eigenvalue weighted by molar-refractivity contribution is 0.0690. The van der Waals surface area contributed by atoms with Crippen LogP contribution >= 0.6 is 11.5 Å². The van der Waals surface area contributed by atoms with E-state index in [0.717, 1.165) is 36.9 Å². The minimum Gasteiger partial charge on any atom is -0.476 e. The molecule has 0 saturated carbocycles. The Labute approximate surface area is 136 Å². The average Bonchev–Trinajstić information content (AvgIpc) is 2.96. The number of carboxylic acid groups (broad SMARTS) is 1. The van der Waals surface area contributed by atoms with Gasteiger partial charge in [0.2, 0.25) is 0 Å². The number of anilines is 2. The zero-order valence-corrected chi connectivity index (χ0v) is 13.2. The molecule has 2 aromatic heterocycles. The highest BCUT2D eigenvalue weighted by molar-refractivity contribution is 7.10. The minimum absolute atomic E-state index is 0.0637. The Morgan fingerprint density at radius 2 is 1.96 bits per heavy atom. The Morgan fingerprint density at radius 3 is 2.52 bits per heavy atom. The third-order valence-electron chi connectivity index (χ3n) is 3.70. The van der Waals surface area contributed by atoms with Crippen LogP contribution in [0.2, 0.25) is 0 Å². The molecule has 0 unspecified atom stereocenters. The van der Waals surface area contributed by atoms with E-state index >= 15 is 0 Å². The maximum Gasteiger partial charge on any atom is 0.356 e. The minimum atomic E-state index is -1.08. The lowest BCUT2D eigenvalue weighted by atomic mass is 10.2. The Kier molecular flexibility index (Phi) is 4.08. The van der Waals surface area contributed by atoms with Crippen LogP contribution < -0.4 is 9.80 Å². The number of rotatable bonds is 3. The van der Waals surface area contributed by atoms with Gasteiger partial charge in [-0.1, -0.05) is 0 Å². The number of carboxylic acids is 1. The van der Waals surface area contributed by atoms with Gasteiger partial charge in [-0.05, 0) is 18.5 Å². The summed E-state index contributed by atoms with van der Waals surface area (Å²) in [4.78, 5) is 23.1. The van der Waals surface area contributed by atoms with Gasteiger partial charge in [0.25, 0.3) is 0 Å². The number of hydrogen-bond donors (Lipinski definition) is 1. The molecule has 1 aliphatic heterocycles. The second-order valence-electron chi connectivity index (χ2n) is 5.10. The summed E-state index contributed by atoms with van der Waals surface area (Å²) < 4.78 is 4.25. The third-order valence-corrected chi connectivity index (χ3v) is 4.71. The van der Waals surface area contributed by atoms with Gasteiger partial charge in [0, 0.05) is 26.2 Å². The van der Waals surface area contributed by atoms with Crippen LogP contribution in [0.15, 0.2) is 12.4 Å². The van der Waals surface area contributed by atoms with Crippen LogP contribution in [0.4, 0.5) is 10.8 Å². The highest BCUT2D eigenvalue weighted by Crippen LogP contribution is 2.29. The van der Waals surface area contributed by atoms with Crippen LogP contribution in [0.25, 0.3) is 0 Å². The number of nitrogens with zero attached hydrogens (tertiary/aromatic N) is 6. The Morgan fingerprint density at radius 1 is 1.26 bits per heavy atom. The fraction of sp³-hybridized carbons (Fsp3) is 0.357. The lowest BCUT2D eigenvalue weighted by Gasteiger charge is -2.35. The maximum atomic E-state index is 10.8. The summed E-state index contributed by atoms with van der Waals surface area (Å²) in [5.41, 5.74) is 1.35. The topological polar surface area (TPSA) is 106 Å². The number of carbonyl (C=O) groups is 1. The average molecular weight is 330 g/mol. The Hall–Kier alpha value is -2.73. The highest BCUT2D eigenvalue weighted by Gasteiger charge is 2.23. The van der Waals surface area contributed by atoms with Crippen LogP contribution in [0.5, 0.6) is 0 Å². The molecular weight excluding hydrogens is 316 g/mol. The number of aryl methyl sites for hydroxylation is 1. The maximum absolute atomic E-state index is 10.8. The van der Waals surface area contributed by atoms with Gasteiger partial charge in [0.05, 0.1) is 18.1 Å². The molecule has 3 rings (SSSR count). The molecule has 9 heteroatoms. The Balaban J connectivity index is 1.68. The molecule has 0 spiro atoms. The molecular formula is C14H14N6O2S. The van der Waals surface area contributed by atoms with Crippen LogP contribution in [-0.2, 0) is 0 Å². The first kappa shape index (κ1) is 15.2. The Bertz CT molecular complexity index is 759. The van der Waals surface area contributed by atoms with E-state index in [0.29, 0.717) is 11.4 Å². The molecule has 118 valence electrons. The molecule has 0 amide bonds. The molecule has 2 aromatic rings. The standard InChI is InChI=1S/C14H14N6O2S/c1-9-10(6-15)13(23-18-9)20-4-2-19(3-5-20)12-8-16-11(7-17-12)14(21)22/h7-8H,2-5H2,1H3,(H,21,22). The zero-order chi connectivity index (χ0) is 16.4. The van der Waals surface area contributed by atoms with E-state index in [1.54, 1.807) is 0 Å². The molecule has 0 aliphatic carbocycles. The van der Waals surface area contributed by atoms with E-state index in [2.05, 4.69) is 30.2 Å². The number of aromatic nitrogens is 3. The first-order valence-corrected chi connectivity index (χ1v) is 7.79. The fourth-order valence-corrected chi connectivity index (χ4v) is 3.33. The normalized spacial score (nSPS) is 14.6. The van der Waals surface area contributed by atoms with E-state index in [4.69, 9.17) is 5.11 Å². The number of hydrogen-bond acceptors (Lipinski definition) is 8. The smallest absolute Gasteiger partial charge is 0.356 e. The number of nitriles is 1. The predicted molar refractivity (Wildman–Crippen MR) is 85.0 cm³/mol. The van der Waals surface area contributed by atoms with E-state index in [-0.39, 0.29) is 5.69 Å². The monoisotopic (exact) mass is 330 g/mol. The molecule has 0 atom stereocenters. The lowest BCUT2D eigenvalue weighted by Crippen LogP contribution is -2.46. The molecule has 8 nitrogen and oxygen atoms in total. The molecule has 0 radical (unpaired) electrons. The molecule has 1 N–H and O–H groups in total. The molecule has 23 heavy (non-hydrogen) atoms. The van der Waals surface area contributed by atoms with E-state index in [1.807, 2.05) is 6.92 Å². The summed E-state index contributed by atoms with van der Waals surface area (Å²) in [7, 11) is 0. The summed E-state index contributed by atoms with van der Waals surface area (Å²) in [6.07, 6.45) is 2.75. The third kappa shape index (κ3) is 2.93. The summed E-state index contributed by atoms with van der Waals surface area (Å²) >= 11 is 1.35. The zero-order valence-electron chi connectivity index (χ0n) is 12.4. The van der Waals surface area contributed by atoms with Crippen molar-refractivity contribution < 1.29 is 9.90 Å². The van der Waals surface area contributed by atoms with Crippen molar-refractivity contribution in [1.29, 1.82) is 5.26 Å². The van der Waals surface area contributed by atoms with Gasteiger partial charge < -0.3 is 14.9 Å². The predicted octanol–water partition coefficient (Wildman–Crippen LogP) is 1.14. The van der Waals surface area contributed by atoms with Crippen molar-refractivity contribution in [2.45, 2.75) is 6.92 Å². The van der Waals surface area contributed by atoms with Crippen molar-refractivity contribution in [1.82, 2.24) is 14.3 Å². The van der Waals surface area contributed by atoms with Crippen LogP contribution in [0, 0.1) is 18.3 Å². The van der Waals surface area contributed by atoms with Gasteiger partial charge in [0.1, 0.15) is 22.5 Å². The summed E-state index contributed by atoms with van der Waals surface area (Å²) in [5, 5.41) is 19.0. The molecule has 1 fully saturated rings. The van der Waals surface area contributed by atoms with Gasteiger partial charge in [-0.15, -0.1) is 0 Å². The number of aromatic carboxylic acids is 1. The van der Waals surface area contributed by atoms with Gasteiger partial charge in [0.15, 0.2) is 5.69 Å². The van der Waals surface area contributed by atoms with Crippen LogP contribution in [-0.4, -0.2) is 51.6 Å². The first-order chi connectivity index (χ1) is 11.1. The van der Waals surface area contributed by atoms with Gasteiger partial charge in [-0.2, -0.15) is 9.64 Å². The van der Waals surface area contributed by atoms with E-state index in [1.165, 1.54) is 23.9 Å². The molecule has 0 bridgehead atoms. The SMILES string of the molecule is Cc1nsc(N2CCN(c3cnc(C(=O)O)cn3)CC2)c1C#N. The molecule has 3 heterocycles. The molecule has 1 saturated heterocycles. The summed E-state index contributed by atoms with van der Waals surface area (Å²) in [6, 6.07) is 2.22. The van der Waals surface area contributed by atoms with Crippen LogP contribution in [0.3, 0.4) is 0 Å². The molecule has 0 aromatic carbocycles. The quantitative estimate of drug-likeness (QED) is 0.893. The largest absolute Gasteiger partial charge is 0.476 e. The first-order valence-electron chi connectivity index (χ1n) is 7.01. The van der Waals surface area contributed by atoms with Crippen molar-refractivity contribution >= 4 is 28.3 Å². The second kappa shape index (κ2) is 6.18. The summed E-state index contributed by atoms with van der Waals surface area (Å²) in [6.45, 7) is 4.79. The van der Waals surface area contributed by atoms with E-state index < -0.39 is 5.97 Å². The fourth-order valence-electron chi connectivity index (χ4n) is 2.44. The van der Waals surface area contributed by atoms with Gasteiger partial charge in [-0.25, -0.2) is 14.8 Å². The van der Waals surface area contributed by atoms with Crippen molar-refractivity contribution in [2.75, 3.05) is 36.0 Å². The van der Waals surface area contributed by atoms with E-state index in [9.17, 15) is 10.1 Å². The van der Waals surface area contributed by atoms with Gasteiger partial charge in [-0.3, -0.25) is 0 Å². The van der Waals surface area contributed by atoms with Crippen molar-refractivity contribution in [3.63, 3.8) is 0 Å². The number of piperazine rings is 1. The van der Waals surface area contributed by atoms with Crippen molar-refractivity contribution in [3.8, 4) is 6.07 Å².